The number of hydrogen-bond donors (Lipinski definition) is 1. The molecule has 0 saturated carbocycles. The van der Waals surface area contributed by atoms with Gasteiger partial charge in [0.25, 0.3) is 0 Å². The molecule has 1 aromatic carbocycles. The van der Waals surface area contributed by atoms with Crippen molar-refractivity contribution in [2.24, 2.45) is 0 Å². The Labute approximate surface area is 104 Å². The summed E-state index contributed by atoms with van der Waals surface area (Å²) in [7, 11) is 0. The molecule has 0 fully saturated rings. The van der Waals surface area contributed by atoms with E-state index < -0.39 is 0 Å². The number of hydrogen-bond acceptors (Lipinski definition) is 3. The Morgan fingerprint density at radius 1 is 1.24 bits per heavy atom. The van der Waals surface area contributed by atoms with Crippen molar-refractivity contribution in [3.05, 3.63) is 58.9 Å². The van der Waals surface area contributed by atoms with Gasteiger partial charge in [-0.1, -0.05) is 11.6 Å². The monoisotopic (exact) mass is 251 g/mol. The van der Waals surface area contributed by atoms with Crippen molar-refractivity contribution in [2.45, 2.75) is 13.1 Å². The predicted molar refractivity (Wildman–Crippen MR) is 64.0 cm³/mol. The van der Waals surface area contributed by atoms with E-state index >= 15 is 0 Å². The molecule has 3 nitrogen and oxygen atoms in total. The van der Waals surface area contributed by atoms with Gasteiger partial charge in [0.05, 0.1) is 5.69 Å². The van der Waals surface area contributed by atoms with E-state index in [9.17, 15) is 4.39 Å². The smallest absolute Gasteiger partial charge is 0.127 e. The van der Waals surface area contributed by atoms with Gasteiger partial charge in [-0.2, -0.15) is 0 Å². The number of halogens is 2. The largest absolute Gasteiger partial charge is 0.307 e. The summed E-state index contributed by atoms with van der Waals surface area (Å²) in [5.41, 5.74) is 1.41. The first-order valence-corrected chi connectivity index (χ1v) is 5.53. The van der Waals surface area contributed by atoms with E-state index in [1.165, 1.54) is 18.5 Å². The first-order chi connectivity index (χ1) is 8.25. The molecule has 2 aromatic rings. The van der Waals surface area contributed by atoms with Crippen molar-refractivity contribution < 1.29 is 4.39 Å². The number of rotatable bonds is 4. The number of aromatic nitrogens is 2. The lowest BCUT2D eigenvalue weighted by atomic mass is 10.2. The first-order valence-electron chi connectivity index (χ1n) is 5.15. The van der Waals surface area contributed by atoms with E-state index in [2.05, 4.69) is 15.3 Å². The van der Waals surface area contributed by atoms with Gasteiger partial charge in [-0.25, -0.2) is 14.4 Å². The van der Waals surface area contributed by atoms with E-state index in [1.807, 2.05) is 0 Å². The molecule has 5 heteroatoms. The Bertz CT molecular complexity index is 490. The molecule has 0 atom stereocenters. The summed E-state index contributed by atoms with van der Waals surface area (Å²) in [5.74, 6) is -0.260. The third-order valence-electron chi connectivity index (χ3n) is 2.27. The average molecular weight is 252 g/mol. The number of nitrogens with one attached hydrogen (secondary N) is 1. The number of benzene rings is 1. The van der Waals surface area contributed by atoms with Gasteiger partial charge in [0.15, 0.2) is 0 Å². The predicted octanol–water partition coefficient (Wildman–Crippen LogP) is 2.56. The molecular weight excluding hydrogens is 241 g/mol. The second kappa shape index (κ2) is 5.70. The van der Waals surface area contributed by atoms with Gasteiger partial charge < -0.3 is 5.32 Å². The summed E-state index contributed by atoms with van der Waals surface area (Å²) < 4.78 is 13.4. The maximum Gasteiger partial charge on any atom is 0.127 e. The Hall–Kier alpha value is -1.52. The summed E-state index contributed by atoms with van der Waals surface area (Å²) in [5, 5.41) is 3.63. The van der Waals surface area contributed by atoms with Crippen LogP contribution in [0.3, 0.4) is 0 Å². The fraction of sp³-hybridized carbons (Fsp3) is 0.167. The van der Waals surface area contributed by atoms with Crippen molar-refractivity contribution in [2.75, 3.05) is 0 Å². The molecule has 0 aliphatic carbocycles. The zero-order valence-electron chi connectivity index (χ0n) is 9.03. The summed E-state index contributed by atoms with van der Waals surface area (Å²) in [6.07, 6.45) is 3.15. The maximum absolute atomic E-state index is 13.4. The van der Waals surface area contributed by atoms with Gasteiger partial charge in [-0.15, -0.1) is 0 Å². The first kappa shape index (κ1) is 12.0. The van der Waals surface area contributed by atoms with Crippen molar-refractivity contribution in [3.63, 3.8) is 0 Å². The van der Waals surface area contributed by atoms with Crippen molar-refractivity contribution in [1.82, 2.24) is 15.3 Å². The molecule has 1 heterocycles. The van der Waals surface area contributed by atoms with Crippen molar-refractivity contribution in [1.29, 1.82) is 0 Å². The van der Waals surface area contributed by atoms with Crippen LogP contribution in [0.4, 0.5) is 4.39 Å². The summed E-state index contributed by atoms with van der Waals surface area (Å²) >= 11 is 5.80. The SMILES string of the molecule is Fc1ccc(Cl)cc1CNCc1ccncn1. The summed E-state index contributed by atoms with van der Waals surface area (Å²) in [6.45, 7) is 0.977. The maximum atomic E-state index is 13.4. The van der Waals surface area contributed by atoms with Gasteiger partial charge in [0, 0.05) is 29.9 Å². The molecule has 0 radical (unpaired) electrons. The molecule has 0 aliphatic heterocycles. The highest BCUT2D eigenvalue weighted by Crippen LogP contribution is 2.14. The third-order valence-corrected chi connectivity index (χ3v) is 2.51. The Kier molecular flexibility index (Phi) is 4.01. The van der Waals surface area contributed by atoms with Crippen LogP contribution < -0.4 is 5.32 Å². The van der Waals surface area contributed by atoms with Crippen molar-refractivity contribution >= 4 is 11.6 Å². The highest BCUT2D eigenvalue weighted by molar-refractivity contribution is 6.30. The van der Waals surface area contributed by atoms with Crippen LogP contribution in [0.15, 0.2) is 36.8 Å². The van der Waals surface area contributed by atoms with Crippen LogP contribution in [-0.4, -0.2) is 9.97 Å². The quantitative estimate of drug-likeness (QED) is 0.908. The molecule has 0 saturated heterocycles. The van der Waals surface area contributed by atoms with Crippen LogP contribution in [0.2, 0.25) is 5.02 Å². The second-order valence-electron chi connectivity index (χ2n) is 3.54. The topological polar surface area (TPSA) is 37.8 Å². The lowest BCUT2D eigenvalue weighted by molar-refractivity contribution is 0.585. The Balaban J connectivity index is 1.92. The Morgan fingerprint density at radius 3 is 2.88 bits per heavy atom. The molecule has 17 heavy (non-hydrogen) atoms. The van der Waals surface area contributed by atoms with E-state index in [0.717, 1.165) is 5.69 Å². The standard InChI is InChI=1S/C12H11ClFN3/c13-10-1-2-12(14)9(5-10)6-16-7-11-3-4-15-8-17-11/h1-5,8,16H,6-7H2. The molecule has 0 spiro atoms. The molecule has 2 rings (SSSR count). The minimum atomic E-state index is -0.260. The van der Waals surface area contributed by atoms with E-state index in [0.29, 0.717) is 23.7 Å². The highest BCUT2D eigenvalue weighted by atomic mass is 35.5. The molecule has 0 unspecified atom stereocenters. The zero-order chi connectivity index (χ0) is 12.1. The molecule has 1 aromatic heterocycles. The molecule has 0 aliphatic rings. The fourth-order valence-corrected chi connectivity index (χ4v) is 1.62. The summed E-state index contributed by atoms with van der Waals surface area (Å²) in [4.78, 5) is 7.88. The minimum Gasteiger partial charge on any atom is -0.307 e. The van der Waals surface area contributed by atoms with E-state index in [-0.39, 0.29) is 5.82 Å². The van der Waals surface area contributed by atoms with Crippen LogP contribution in [-0.2, 0) is 13.1 Å². The van der Waals surface area contributed by atoms with Crippen LogP contribution >= 0.6 is 11.6 Å². The van der Waals surface area contributed by atoms with Crippen LogP contribution in [0.5, 0.6) is 0 Å². The van der Waals surface area contributed by atoms with E-state index in [4.69, 9.17) is 11.6 Å². The molecule has 0 amide bonds. The molecule has 1 N–H and O–H groups in total. The molecule has 88 valence electrons. The van der Waals surface area contributed by atoms with Gasteiger partial charge in [-0.05, 0) is 24.3 Å². The lowest BCUT2D eigenvalue weighted by Crippen LogP contribution is -2.14. The third kappa shape index (κ3) is 3.47. The highest BCUT2D eigenvalue weighted by Gasteiger charge is 2.02. The van der Waals surface area contributed by atoms with Crippen LogP contribution in [0, 0.1) is 5.82 Å². The van der Waals surface area contributed by atoms with Gasteiger partial charge >= 0.3 is 0 Å². The van der Waals surface area contributed by atoms with Crippen LogP contribution in [0.1, 0.15) is 11.3 Å². The van der Waals surface area contributed by atoms with Crippen LogP contribution in [0.25, 0.3) is 0 Å². The summed E-state index contributed by atoms with van der Waals surface area (Å²) in [6, 6.07) is 6.32. The average Bonchev–Trinajstić information content (AvgIpc) is 2.35. The van der Waals surface area contributed by atoms with Gasteiger partial charge in [0.1, 0.15) is 12.1 Å². The lowest BCUT2D eigenvalue weighted by Gasteiger charge is -2.05. The second-order valence-corrected chi connectivity index (χ2v) is 3.98. The van der Waals surface area contributed by atoms with Gasteiger partial charge in [0.2, 0.25) is 0 Å². The van der Waals surface area contributed by atoms with E-state index in [1.54, 1.807) is 18.3 Å². The number of nitrogens with zero attached hydrogens (tertiary/aromatic N) is 2. The molecular formula is C12H11ClFN3. The van der Waals surface area contributed by atoms with Gasteiger partial charge in [-0.3, -0.25) is 0 Å². The zero-order valence-corrected chi connectivity index (χ0v) is 9.78. The van der Waals surface area contributed by atoms with Crippen molar-refractivity contribution in [3.8, 4) is 0 Å². The molecule has 0 bridgehead atoms. The Morgan fingerprint density at radius 2 is 2.12 bits per heavy atom. The fourth-order valence-electron chi connectivity index (χ4n) is 1.43. The minimum absolute atomic E-state index is 0.260. The normalized spacial score (nSPS) is 10.5.